The first kappa shape index (κ1) is 16.6. The van der Waals surface area contributed by atoms with E-state index in [1.165, 1.54) is 25.1 Å². The molecule has 2 N–H and O–H groups in total. The van der Waals surface area contributed by atoms with Gasteiger partial charge in [-0.05, 0) is 52.2 Å². The number of hydrogen-bond acceptors (Lipinski definition) is 4. The highest BCUT2D eigenvalue weighted by molar-refractivity contribution is 7.26. The zero-order chi connectivity index (χ0) is 17.2. The third-order valence-electron chi connectivity index (χ3n) is 3.75. The van der Waals surface area contributed by atoms with Crippen LogP contribution in [0, 0.1) is 0 Å². The summed E-state index contributed by atoms with van der Waals surface area (Å²) in [6.45, 7) is 0. The molecule has 0 unspecified atom stereocenters. The summed E-state index contributed by atoms with van der Waals surface area (Å²) in [6.07, 6.45) is 4.24. The first-order valence-electron chi connectivity index (χ1n) is 7.65. The van der Waals surface area contributed by atoms with Crippen molar-refractivity contribution >= 4 is 63.5 Å². The molecule has 0 radical (unpaired) electrons. The van der Waals surface area contributed by atoms with Gasteiger partial charge in [0.05, 0.1) is 15.6 Å². The standard InChI is InChI=1S/C20H14ClNS3/c21-15-11-13(6-8-16(15)22)5-7-14-12-19(17-3-1-9-23-17)25-20(14)18-4-2-10-24-18/h1-12H,22H2/b7-5+. The van der Waals surface area contributed by atoms with Crippen LogP contribution in [0.3, 0.4) is 0 Å². The molecule has 3 aromatic heterocycles. The third-order valence-corrected chi connectivity index (χ3v) is 7.34. The molecule has 0 bridgehead atoms. The van der Waals surface area contributed by atoms with Crippen LogP contribution in [-0.4, -0.2) is 0 Å². The van der Waals surface area contributed by atoms with E-state index in [0.717, 1.165) is 5.56 Å². The van der Waals surface area contributed by atoms with E-state index in [2.05, 4.69) is 53.2 Å². The predicted molar refractivity (Wildman–Crippen MR) is 116 cm³/mol. The maximum absolute atomic E-state index is 6.13. The minimum absolute atomic E-state index is 0.588. The molecule has 0 spiro atoms. The second-order valence-electron chi connectivity index (χ2n) is 5.46. The number of rotatable bonds is 4. The molecule has 0 aliphatic heterocycles. The van der Waals surface area contributed by atoms with Gasteiger partial charge in [0.2, 0.25) is 0 Å². The average Bonchev–Trinajstić information content (AvgIpc) is 3.36. The van der Waals surface area contributed by atoms with Gasteiger partial charge < -0.3 is 5.73 Å². The fourth-order valence-electron chi connectivity index (χ4n) is 2.50. The van der Waals surface area contributed by atoms with Crippen molar-refractivity contribution in [2.45, 2.75) is 0 Å². The Bertz CT molecular complexity index is 1010. The average molecular weight is 400 g/mol. The molecule has 0 fully saturated rings. The second kappa shape index (κ2) is 7.18. The molecule has 3 heterocycles. The van der Waals surface area contributed by atoms with Crippen LogP contribution in [0.5, 0.6) is 0 Å². The molecule has 0 atom stereocenters. The summed E-state index contributed by atoms with van der Waals surface area (Å²) >= 11 is 11.5. The largest absolute Gasteiger partial charge is 0.398 e. The lowest BCUT2D eigenvalue weighted by Gasteiger charge is -1.99. The topological polar surface area (TPSA) is 26.0 Å². The van der Waals surface area contributed by atoms with E-state index in [9.17, 15) is 0 Å². The van der Waals surface area contributed by atoms with Gasteiger partial charge in [-0.3, -0.25) is 0 Å². The van der Waals surface area contributed by atoms with Gasteiger partial charge in [-0.15, -0.1) is 34.0 Å². The summed E-state index contributed by atoms with van der Waals surface area (Å²) in [7, 11) is 0. The van der Waals surface area contributed by atoms with E-state index in [1.54, 1.807) is 22.7 Å². The fourth-order valence-corrected chi connectivity index (χ4v) is 5.54. The zero-order valence-corrected chi connectivity index (χ0v) is 16.3. The van der Waals surface area contributed by atoms with Crippen LogP contribution in [0.25, 0.3) is 31.7 Å². The van der Waals surface area contributed by atoms with Crippen molar-refractivity contribution in [3.8, 4) is 19.5 Å². The van der Waals surface area contributed by atoms with Crippen LogP contribution in [0.4, 0.5) is 5.69 Å². The zero-order valence-electron chi connectivity index (χ0n) is 13.1. The highest BCUT2D eigenvalue weighted by atomic mass is 35.5. The molecular weight excluding hydrogens is 386 g/mol. The maximum atomic E-state index is 6.13. The molecule has 0 saturated carbocycles. The van der Waals surface area contributed by atoms with Gasteiger partial charge in [0.15, 0.2) is 0 Å². The molecular formula is C20H14ClNS3. The quantitative estimate of drug-likeness (QED) is 0.351. The number of halogens is 1. The molecule has 0 saturated heterocycles. The first-order valence-corrected chi connectivity index (χ1v) is 10.6. The molecule has 0 aliphatic rings. The molecule has 25 heavy (non-hydrogen) atoms. The Hall–Kier alpha value is -1.85. The van der Waals surface area contributed by atoms with Crippen molar-refractivity contribution in [1.29, 1.82) is 0 Å². The van der Waals surface area contributed by atoms with Gasteiger partial charge in [0.25, 0.3) is 0 Å². The number of benzene rings is 1. The van der Waals surface area contributed by atoms with Gasteiger partial charge in [0.1, 0.15) is 0 Å². The van der Waals surface area contributed by atoms with Crippen LogP contribution in [-0.2, 0) is 0 Å². The van der Waals surface area contributed by atoms with Gasteiger partial charge >= 0.3 is 0 Å². The minimum Gasteiger partial charge on any atom is -0.398 e. The van der Waals surface area contributed by atoms with Crippen molar-refractivity contribution < 1.29 is 0 Å². The fraction of sp³-hybridized carbons (Fsp3) is 0. The van der Waals surface area contributed by atoms with E-state index in [1.807, 2.05) is 29.5 Å². The Morgan fingerprint density at radius 1 is 0.840 bits per heavy atom. The van der Waals surface area contributed by atoms with E-state index in [-0.39, 0.29) is 0 Å². The molecule has 5 heteroatoms. The molecule has 4 aromatic rings. The lowest BCUT2D eigenvalue weighted by molar-refractivity contribution is 1.64. The van der Waals surface area contributed by atoms with Crippen molar-refractivity contribution in [2.75, 3.05) is 5.73 Å². The molecule has 0 aliphatic carbocycles. The highest BCUT2D eigenvalue weighted by Gasteiger charge is 2.12. The van der Waals surface area contributed by atoms with E-state index >= 15 is 0 Å². The molecule has 1 nitrogen and oxygen atoms in total. The SMILES string of the molecule is Nc1ccc(/C=C/c2cc(-c3cccs3)sc2-c2cccs2)cc1Cl. The third kappa shape index (κ3) is 3.58. The van der Waals surface area contributed by atoms with E-state index < -0.39 is 0 Å². The van der Waals surface area contributed by atoms with E-state index in [0.29, 0.717) is 10.7 Å². The molecule has 1 aromatic carbocycles. The Morgan fingerprint density at radius 2 is 1.60 bits per heavy atom. The predicted octanol–water partition coefficient (Wildman–Crippen LogP) is 7.61. The summed E-state index contributed by atoms with van der Waals surface area (Å²) in [5.74, 6) is 0. The van der Waals surface area contributed by atoms with Crippen LogP contribution in [0.1, 0.15) is 11.1 Å². The van der Waals surface area contributed by atoms with Crippen molar-refractivity contribution in [1.82, 2.24) is 0 Å². The number of thiophene rings is 3. The van der Waals surface area contributed by atoms with Crippen LogP contribution < -0.4 is 5.73 Å². The molecule has 124 valence electrons. The summed E-state index contributed by atoms with van der Waals surface area (Å²) in [4.78, 5) is 5.20. The summed E-state index contributed by atoms with van der Waals surface area (Å²) in [5, 5.41) is 4.82. The number of hydrogen-bond donors (Lipinski definition) is 1. The monoisotopic (exact) mass is 399 g/mol. The second-order valence-corrected chi connectivity index (χ2v) is 8.82. The normalized spacial score (nSPS) is 11.4. The Labute approximate surface area is 163 Å². The number of nitrogens with two attached hydrogens (primary N) is 1. The van der Waals surface area contributed by atoms with Gasteiger partial charge in [-0.1, -0.05) is 42.0 Å². The summed E-state index contributed by atoms with van der Waals surface area (Å²) < 4.78 is 0. The van der Waals surface area contributed by atoms with Crippen molar-refractivity contribution in [3.63, 3.8) is 0 Å². The highest BCUT2D eigenvalue weighted by Crippen LogP contribution is 2.42. The van der Waals surface area contributed by atoms with E-state index in [4.69, 9.17) is 17.3 Å². The van der Waals surface area contributed by atoms with Gasteiger partial charge in [0, 0.05) is 14.6 Å². The van der Waals surface area contributed by atoms with Crippen LogP contribution >= 0.6 is 45.6 Å². The maximum Gasteiger partial charge on any atom is 0.0641 e. The van der Waals surface area contributed by atoms with Gasteiger partial charge in [-0.2, -0.15) is 0 Å². The lowest BCUT2D eigenvalue weighted by atomic mass is 10.1. The van der Waals surface area contributed by atoms with Crippen LogP contribution in [0.15, 0.2) is 59.3 Å². The van der Waals surface area contributed by atoms with Crippen molar-refractivity contribution in [3.05, 3.63) is 75.4 Å². The number of anilines is 1. The van der Waals surface area contributed by atoms with Crippen molar-refractivity contribution in [2.24, 2.45) is 0 Å². The molecule has 0 amide bonds. The Morgan fingerprint density at radius 3 is 2.28 bits per heavy atom. The Balaban J connectivity index is 1.74. The summed E-state index contributed by atoms with van der Waals surface area (Å²) in [6, 6.07) is 16.5. The lowest BCUT2D eigenvalue weighted by Crippen LogP contribution is -1.85. The number of nitrogen functional groups attached to an aromatic ring is 1. The smallest absolute Gasteiger partial charge is 0.0641 e. The molecule has 4 rings (SSSR count). The first-order chi connectivity index (χ1) is 12.2. The van der Waals surface area contributed by atoms with Gasteiger partial charge in [-0.25, -0.2) is 0 Å². The Kier molecular flexibility index (Phi) is 4.77. The minimum atomic E-state index is 0.588. The summed E-state index contributed by atoms with van der Waals surface area (Å²) in [5.41, 5.74) is 8.66. The van der Waals surface area contributed by atoms with Crippen LogP contribution in [0.2, 0.25) is 5.02 Å².